The highest BCUT2D eigenvalue weighted by Crippen LogP contribution is 2.35. The van der Waals surface area contributed by atoms with Crippen molar-refractivity contribution < 1.29 is 18.7 Å². The Morgan fingerprint density at radius 1 is 1.56 bits per heavy atom. The number of aromatic nitrogens is 1. The number of hydrogen-bond donors (Lipinski definition) is 1. The van der Waals surface area contributed by atoms with E-state index in [4.69, 9.17) is 16.7 Å². The second-order valence-corrected chi connectivity index (χ2v) is 3.89. The molecule has 4 nitrogen and oxygen atoms in total. The van der Waals surface area contributed by atoms with E-state index in [-0.39, 0.29) is 16.4 Å². The van der Waals surface area contributed by atoms with Gasteiger partial charge in [-0.25, -0.2) is 18.6 Å². The molecule has 0 spiro atoms. The Morgan fingerprint density at radius 3 is 2.69 bits per heavy atom. The van der Waals surface area contributed by atoms with Gasteiger partial charge in [-0.1, -0.05) is 11.6 Å². The predicted octanol–water partition coefficient (Wildman–Crippen LogP) is 1.89. The highest BCUT2D eigenvalue weighted by Gasteiger charge is 2.45. The molecule has 0 atom stereocenters. The van der Waals surface area contributed by atoms with Crippen LogP contribution in [0.4, 0.5) is 14.6 Å². The molecule has 0 radical (unpaired) electrons. The number of halogens is 3. The van der Waals surface area contributed by atoms with Crippen LogP contribution in [0.3, 0.4) is 0 Å². The molecule has 1 aliphatic heterocycles. The minimum atomic E-state index is -2.75. The van der Waals surface area contributed by atoms with E-state index in [9.17, 15) is 13.6 Å². The maximum atomic E-state index is 12.6. The molecular weight excluding hydrogens is 242 g/mol. The second kappa shape index (κ2) is 3.55. The molecule has 16 heavy (non-hydrogen) atoms. The van der Waals surface area contributed by atoms with Gasteiger partial charge in [-0.15, -0.1) is 0 Å². The number of carboxylic acids is 1. The van der Waals surface area contributed by atoms with Crippen LogP contribution >= 0.6 is 11.6 Å². The fourth-order valence-corrected chi connectivity index (χ4v) is 1.79. The Morgan fingerprint density at radius 2 is 2.19 bits per heavy atom. The van der Waals surface area contributed by atoms with Crippen LogP contribution in [-0.2, 0) is 0 Å². The lowest BCUT2D eigenvalue weighted by molar-refractivity contribution is -0.0266. The molecule has 86 valence electrons. The first-order valence-electron chi connectivity index (χ1n) is 4.41. The molecule has 0 aliphatic carbocycles. The molecule has 1 aromatic rings. The van der Waals surface area contributed by atoms with Crippen molar-refractivity contribution in [3.63, 3.8) is 0 Å². The summed E-state index contributed by atoms with van der Waals surface area (Å²) in [7, 11) is 0. The molecule has 0 saturated carbocycles. The number of rotatable bonds is 2. The average Bonchev–Trinajstić information content (AvgIpc) is 2.14. The van der Waals surface area contributed by atoms with Crippen LogP contribution in [-0.4, -0.2) is 35.1 Å². The lowest BCUT2D eigenvalue weighted by Crippen LogP contribution is -2.56. The number of anilines is 1. The molecule has 0 unspecified atom stereocenters. The summed E-state index contributed by atoms with van der Waals surface area (Å²) in [5.74, 6) is -3.86. The van der Waals surface area contributed by atoms with E-state index >= 15 is 0 Å². The molecule has 2 heterocycles. The largest absolute Gasteiger partial charge is 0.478 e. The first kappa shape index (κ1) is 11.1. The van der Waals surface area contributed by atoms with Crippen molar-refractivity contribution in [3.05, 3.63) is 22.8 Å². The predicted molar refractivity (Wildman–Crippen MR) is 53.4 cm³/mol. The van der Waals surface area contributed by atoms with Gasteiger partial charge in [0.1, 0.15) is 5.82 Å². The van der Waals surface area contributed by atoms with Crippen LogP contribution in [0.15, 0.2) is 12.3 Å². The van der Waals surface area contributed by atoms with E-state index in [0.29, 0.717) is 0 Å². The number of carboxylic acid groups (broad SMARTS) is 1. The van der Waals surface area contributed by atoms with E-state index in [2.05, 4.69) is 4.98 Å². The molecule has 1 fully saturated rings. The van der Waals surface area contributed by atoms with Gasteiger partial charge in [0.25, 0.3) is 5.92 Å². The van der Waals surface area contributed by atoms with Gasteiger partial charge in [-0.3, -0.25) is 0 Å². The van der Waals surface area contributed by atoms with Gasteiger partial charge in [0.15, 0.2) is 0 Å². The topological polar surface area (TPSA) is 53.4 Å². The summed E-state index contributed by atoms with van der Waals surface area (Å²) in [5.41, 5.74) is -0.137. The first-order valence-corrected chi connectivity index (χ1v) is 4.79. The number of pyridine rings is 1. The van der Waals surface area contributed by atoms with Crippen LogP contribution in [0.25, 0.3) is 0 Å². The van der Waals surface area contributed by atoms with Gasteiger partial charge in [0.05, 0.1) is 23.7 Å². The summed E-state index contributed by atoms with van der Waals surface area (Å²) >= 11 is 5.77. The Balaban J connectivity index is 2.30. The monoisotopic (exact) mass is 248 g/mol. The molecule has 0 aromatic carbocycles. The molecule has 1 aromatic heterocycles. The fourth-order valence-electron chi connectivity index (χ4n) is 1.48. The molecular formula is C9H7ClF2N2O2. The second-order valence-electron chi connectivity index (χ2n) is 3.51. The maximum Gasteiger partial charge on any atom is 0.337 e. The van der Waals surface area contributed by atoms with Crippen molar-refractivity contribution in [2.24, 2.45) is 0 Å². The van der Waals surface area contributed by atoms with Gasteiger partial charge in [-0.05, 0) is 6.07 Å². The van der Waals surface area contributed by atoms with Gasteiger partial charge in [0.2, 0.25) is 0 Å². The highest BCUT2D eigenvalue weighted by molar-refractivity contribution is 6.35. The summed E-state index contributed by atoms with van der Waals surface area (Å²) in [6.45, 7) is -0.967. The van der Waals surface area contributed by atoms with E-state index in [1.807, 2.05) is 0 Å². The van der Waals surface area contributed by atoms with Crippen LogP contribution in [0.2, 0.25) is 5.02 Å². The zero-order valence-electron chi connectivity index (χ0n) is 7.95. The van der Waals surface area contributed by atoms with Crippen LogP contribution in [0.5, 0.6) is 0 Å². The third-order valence-corrected chi connectivity index (χ3v) is 2.62. The van der Waals surface area contributed by atoms with Crippen molar-refractivity contribution in [1.82, 2.24) is 4.98 Å². The van der Waals surface area contributed by atoms with Crippen LogP contribution in [0, 0.1) is 0 Å². The first-order chi connectivity index (χ1) is 7.41. The number of aromatic carboxylic acids is 1. The molecule has 0 amide bonds. The van der Waals surface area contributed by atoms with E-state index < -0.39 is 25.0 Å². The van der Waals surface area contributed by atoms with Crippen molar-refractivity contribution >= 4 is 23.4 Å². The number of carbonyl (C=O) groups is 1. The van der Waals surface area contributed by atoms with Crippen molar-refractivity contribution in [1.29, 1.82) is 0 Å². The van der Waals surface area contributed by atoms with Crippen LogP contribution in [0.1, 0.15) is 10.4 Å². The minimum Gasteiger partial charge on any atom is -0.478 e. The molecule has 1 aliphatic rings. The third kappa shape index (κ3) is 1.80. The highest BCUT2D eigenvalue weighted by atomic mass is 35.5. The molecule has 1 N–H and O–H groups in total. The third-order valence-electron chi connectivity index (χ3n) is 2.25. The lowest BCUT2D eigenvalue weighted by Gasteiger charge is -2.39. The summed E-state index contributed by atoms with van der Waals surface area (Å²) < 4.78 is 25.3. The zero-order valence-corrected chi connectivity index (χ0v) is 8.71. The van der Waals surface area contributed by atoms with Gasteiger partial charge in [-0.2, -0.15) is 0 Å². The molecule has 0 bridgehead atoms. The molecule has 2 rings (SSSR count). The normalized spacial score (nSPS) is 18.1. The summed E-state index contributed by atoms with van der Waals surface area (Å²) in [4.78, 5) is 15.8. The van der Waals surface area contributed by atoms with Crippen molar-refractivity contribution in [2.75, 3.05) is 18.0 Å². The Hall–Kier alpha value is -1.43. The lowest BCUT2D eigenvalue weighted by atomic mass is 10.1. The summed E-state index contributed by atoms with van der Waals surface area (Å²) in [5, 5.41) is 8.68. The maximum absolute atomic E-state index is 12.6. The molecule has 7 heteroatoms. The SMILES string of the molecule is O=C(O)c1ccnc(N2CC(F)(F)C2)c1Cl. The van der Waals surface area contributed by atoms with E-state index in [1.54, 1.807) is 0 Å². The van der Waals surface area contributed by atoms with Gasteiger partial charge < -0.3 is 10.0 Å². The van der Waals surface area contributed by atoms with Crippen LogP contribution < -0.4 is 4.90 Å². The van der Waals surface area contributed by atoms with E-state index in [1.165, 1.54) is 17.2 Å². The van der Waals surface area contributed by atoms with E-state index in [0.717, 1.165) is 0 Å². The summed E-state index contributed by atoms with van der Waals surface area (Å²) in [6, 6.07) is 1.23. The zero-order chi connectivity index (χ0) is 11.9. The van der Waals surface area contributed by atoms with Gasteiger partial charge >= 0.3 is 5.97 Å². The average molecular weight is 249 g/mol. The quantitative estimate of drug-likeness (QED) is 0.868. The minimum absolute atomic E-state index is 0.0903. The standard InChI is InChI=1S/C9H7ClF2N2O2/c10-6-5(8(15)16)1-2-13-7(6)14-3-9(11,12)4-14/h1-2H,3-4H2,(H,15,16). The summed E-state index contributed by atoms with van der Waals surface area (Å²) in [6.07, 6.45) is 1.24. The Labute approximate surface area is 94.5 Å². The smallest absolute Gasteiger partial charge is 0.337 e. The number of nitrogens with zero attached hydrogens (tertiary/aromatic N) is 2. The number of hydrogen-bond acceptors (Lipinski definition) is 3. The van der Waals surface area contributed by atoms with Crippen molar-refractivity contribution in [3.8, 4) is 0 Å². The Bertz CT molecular complexity index is 445. The van der Waals surface area contributed by atoms with Gasteiger partial charge in [0, 0.05) is 6.20 Å². The fraction of sp³-hybridized carbons (Fsp3) is 0.333. The number of alkyl halides is 2. The van der Waals surface area contributed by atoms with Crippen molar-refractivity contribution in [2.45, 2.75) is 5.92 Å². The Kier molecular flexibility index (Phi) is 2.46. The molecule has 1 saturated heterocycles.